The molecule has 1 aliphatic carbocycles. The third kappa shape index (κ3) is 3.90. The summed E-state index contributed by atoms with van der Waals surface area (Å²) in [7, 11) is 0. The van der Waals surface area contributed by atoms with Gasteiger partial charge in [-0.05, 0) is 48.3 Å². The monoisotopic (exact) mass is 398 g/mol. The number of esters is 1. The summed E-state index contributed by atoms with van der Waals surface area (Å²) < 4.78 is 6.13. The van der Waals surface area contributed by atoms with Crippen LogP contribution >= 0.6 is 15.9 Å². The van der Waals surface area contributed by atoms with E-state index in [1.54, 1.807) is 13.0 Å². The van der Waals surface area contributed by atoms with E-state index in [9.17, 15) is 9.59 Å². The fourth-order valence-corrected chi connectivity index (χ4v) is 3.52. The van der Waals surface area contributed by atoms with Crippen molar-refractivity contribution in [2.45, 2.75) is 19.3 Å². The molecule has 2 atom stereocenters. The summed E-state index contributed by atoms with van der Waals surface area (Å²) in [6, 6.07) is 17.6. The van der Waals surface area contributed by atoms with Gasteiger partial charge in [0.15, 0.2) is 5.78 Å². The minimum Gasteiger partial charge on any atom is -0.465 e. The smallest absolute Gasteiger partial charge is 0.317 e. The zero-order chi connectivity index (χ0) is 17.8. The molecular formula is C21H19BrO3. The van der Waals surface area contributed by atoms with Gasteiger partial charge in [0.1, 0.15) is 5.92 Å². The van der Waals surface area contributed by atoms with Crippen LogP contribution in [0.25, 0.3) is 5.57 Å². The molecule has 0 saturated heterocycles. The summed E-state index contributed by atoms with van der Waals surface area (Å²) in [6.07, 6.45) is 2.23. The molecular weight excluding hydrogens is 380 g/mol. The molecule has 0 N–H and O–H groups in total. The standard InChI is InChI=1S/C21H19BrO3/c1-2-25-21(24)20-18(15-8-10-17(22)11-9-15)12-16(13-19(20)23)14-6-4-3-5-7-14/h3-11,13,18,20H,2,12H2,1H3/t18-,20-/m1/s1. The summed E-state index contributed by atoms with van der Waals surface area (Å²) in [5.41, 5.74) is 2.94. The van der Waals surface area contributed by atoms with Crippen LogP contribution in [0.4, 0.5) is 0 Å². The Labute approximate surface area is 155 Å². The van der Waals surface area contributed by atoms with Crippen molar-refractivity contribution < 1.29 is 14.3 Å². The van der Waals surface area contributed by atoms with Crippen LogP contribution in [0.15, 0.2) is 65.1 Å². The summed E-state index contributed by atoms with van der Waals surface area (Å²) in [6.45, 7) is 2.02. The van der Waals surface area contributed by atoms with Gasteiger partial charge < -0.3 is 4.74 Å². The molecule has 25 heavy (non-hydrogen) atoms. The van der Waals surface area contributed by atoms with Crippen molar-refractivity contribution >= 4 is 33.3 Å². The van der Waals surface area contributed by atoms with Gasteiger partial charge in [0.25, 0.3) is 0 Å². The summed E-state index contributed by atoms with van der Waals surface area (Å²) in [4.78, 5) is 25.2. The maximum atomic E-state index is 12.8. The fourth-order valence-electron chi connectivity index (χ4n) is 3.26. The number of carbonyl (C=O) groups excluding carboxylic acids is 2. The zero-order valence-corrected chi connectivity index (χ0v) is 15.5. The van der Waals surface area contributed by atoms with Crippen molar-refractivity contribution in [1.29, 1.82) is 0 Å². The van der Waals surface area contributed by atoms with Crippen LogP contribution < -0.4 is 0 Å². The first-order chi connectivity index (χ1) is 12.1. The number of ketones is 1. The Morgan fingerprint density at radius 3 is 2.44 bits per heavy atom. The second-order valence-corrected chi connectivity index (χ2v) is 6.95. The molecule has 2 aromatic carbocycles. The number of benzene rings is 2. The number of ether oxygens (including phenoxy) is 1. The van der Waals surface area contributed by atoms with Gasteiger partial charge in [-0.25, -0.2) is 0 Å². The van der Waals surface area contributed by atoms with Crippen LogP contribution in [0.5, 0.6) is 0 Å². The molecule has 0 spiro atoms. The molecule has 0 heterocycles. The number of hydrogen-bond acceptors (Lipinski definition) is 3. The number of rotatable bonds is 4. The van der Waals surface area contributed by atoms with Gasteiger partial charge in [-0.3, -0.25) is 9.59 Å². The highest BCUT2D eigenvalue weighted by Gasteiger charge is 2.39. The van der Waals surface area contributed by atoms with Crippen LogP contribution in [0, 0.1) is 5.92 Å². The highest BCUT2D eigenvalue weighted by Crippen LogP contribution is 2.40. The summed E-state index contributed by atoms with van der Waals surface area (Å²) in [5.74, 6) is -1.63. The van der Waals surface area contributed by atoms with E-state index in [4.69, 9.17) is 4.74 Å². The summed E-state index contributed by atoms with van der Waals surface area (Å²) in [5, 5.41) is 0. The Bertz CT molecular complexity index is 794. The SMILES string of the molecule is CCOC(=O)[C@H]1C(=O)C=C(c2ccccc2)C[C@@H]1c1ccc(Br)cc1. The molecule has 3 rings (SSSR count). The normalized spacial score (nSPS) is 20.1. The molecule has 3 nitrogen and oxygen atoms in total. The predicted octanol–water partition coefficient (Wildman–Crippen LogP) is 4.77. The van der Waals surface area contributed by atoms with E-state index in [0.29, 0.717) is 6.42 Å². The Balaban J connectivity index is 2.01. The molecule has 0 bridgehead atoms. The van der Waals surface area contributed by atoms with Crippen LogP contribution in [0.2, 0.25) is 0 Å². The van der Waals surface area contributed by atoms with E-state index in [0.717, 1.165) is 21.2 Å². The van der Waals surface area contributed by atoms with Crippen molar-refractivity contribution in [2.75, 3.05) is 6.61 Å². The average molecular weight is 399 g/mol. The van der Waals surface area contributed by atoms with E-state index >= 15 is 0 Å². The molecule has 0 radical (unpaired) electrons. The zero-order valence-electron chi connectivity index (χ0n) is 13.9. The molecule has 0 saturated carbocycles. The minimum atomic E-state index is -0.784. The van der Waals surface area contributed by atoms with Gasteiger partial charge in [0, 0.05) is 10.4 Å². The second-order valence-electron chi connectivity index (χ2n) is 6.03. The van der Waals surface area contributed by atoms with Gasteiger partial charge in [-0.1, -0.05) is 58.4 Å². The van der Waals surface area contributed by atoms with Gasteiger partial charge >= 0.3 is 5.97 Å². The van der Waals surface area contributed by atoms with E-state index in [1.807, 2.05) is 54.6 Å². The van der Waals surface area contributed by atoms with Crippen LogP contribution in [-0.4, -0.2) is 18.4 Å². The quantitative estimate of drug-likeness (QED) is 0.550. The second kappa shape index (κ2) is 7.79. The first-order valence-corrected chi connectivity index (χ1v) is 9.11. The number of allylic oxidation sites excluding steroid dienone is 2. The molecule has 0 unspecified atom stereocenters. The van der Waals surface area contributed by atoms with Crippen LogP contribution in [-0.2, 0) is 14.3 Å². The number of hydrogen-bond donors (Lipinski definition) is 0. The molecule has 1 aliphatic rings. The highest BCUT2D eigenvalue weighted by molar-refractivity contribution is 9.10. The Hall–Kier alpha value is -2.20. The van der Waals surface area contributed by atoms with E-state index in [2.05, 4.69) is 15.9 Å². The van der Waals surface area contributed by atoms with Gasteiger partial charge in [0.2, 0.25) is 0 Å². The first kappa shape index (κ1) is 17.6. The molecule has 4 heteroatoms. The summed E-state index contributed by atoms with van der Waals surface area (Å²) >= 11 is 3.43. The van der Waals surface area contributed by atoms with Crippen molar-refractivity contribution in [2.24, 2.45) is 5.92 Å². The molecule has 0 aromatic heterocycles. The molecule has 2 aromatic rings. The Morgan fingerprint density at radius 2 is 1.80 bits per heavy atom. The lowest BCUT2D eigenvalue weighted by molar-refractivity contribution is -0.151. The minimum absolute atomic E-state index is 0.184. The molecule has 128 valence electrons. The molecule has 0 fully saturated rings. The Morgan fingerprint density at radius 1 is 1.12 bits per heavy atom. The average Bonchev–Trinajstić information content (AvgIpc) is 2.62. The van der Waals surface area contributed by atoms with Crippen molar-refractivity contribution in [3.8, 4) is 0 Å². The van der Waals surface area contributed by atoms with Crippen molar-refractivity contribution in [3.05, 3.63) is 76.3 Å². The lowest BCUT2D eigenvalue weighted by Gasteiger charge is -2.29. The van der Waals surface area contributed by atoms with Crippen molar-refractivity contribution in [1.82, 2.24) is 0 Å². The van der Waals surface area contributed by atoms with Crippen LogP contribution in [0.1, 0.15) is 30.4 Å². The maximum absolute atomic E-state index is 12.8. The van der Waals surface area contributed by atoms with E-state index in [-0.39, 0.29) is 18.3 Å². The molecule has 0 amide bonds. The predicted molar refractivity (Wildman–Crippen MR) is 101 cm³/mol. The third-order valence-corrected chi connectivity index (χ3v) is 4.98. The maximum Gasteiger partial charge on any atom is 0.317 e. The topological polar surface area (TPSA) is 43.4 Å². The third-order valence-electron chi connectivity index (χ3n) is 4.45. The molecule has 0 aliphatic heterocycles. The largest absolute Gasteiger partial charge is 0.465 e. The van der Waals surface area contributed by atoms with E-state index in [1.165, 1.54) is 0 Å². The highest BCUT2D eigenvalue weighted by atomic mass is 79.9. The van der Waals surface area contributed by atoms with Gasteiger partial charge in [-0.15, -0.1) is 0 Å². The lowest BCUT2D eigenvalue weighted by Crippen LogP contribution is -2.34. The Kier molecular flexibility index (Phi) is 5.49. The van der Waals surface area contributed by atoms with E-state index < -0.39 is 11.9 Å². The van der Waals surface area contributed by atoms with Gasteiger partial charge in [-0.2, -0.15) is 0 Å². The number of halogens is 1. The number of carbonyl (C=O) groups is 2. The fraction of sp³-hybridized carbons (Fsp3) is 0.238. The van der Waals surface area contributed by atoms with Gasteiger partial charge in [0.05, 0.1) is 6.61 Å². The lowest BCUT2D eigenvalue weighted by atomic mass is 9.73. The van der Waals surface area contributed by atoms with Crippen LogP contribution in [0.3, 0.4) is 0 Å². The van der Waals surface area contributed by atoms with Crippen molar-refractivity contribution in [3.63, 3.8) is 0 Å². The first-order valence-electron chi connectivity index (χ1n) is 8.32.